The molecular formula is C31H31Cl2F3SiZr. The van der Waals surface area contributed by atoms with Crippen molar-refractivity contribution >= 4 is 15.1 Å². The van der Waals surface area contributed by atoms with E-state index < -0.39 is 41.1 Å². The molecule has 0 saturated carbocycles. The first-order valence-electron chi connectivity index (χ1n) is 12.5. The number of hydrogen-bond donors (Lipinski definition) is 0. The molecule has 0 spiro atoms. The van der Waals surface area contributed by atoms with Gasteiger partial charge in [0.2, 0.25) is 0 Å². The molecule has 1 unspecified atom stereocenters. The van der Waals surface area contributed by atoms with Gasteiger partial charge in [-0.1, -0.05) is 0 Å². The molecule has 7 heteroatoms. The third-order valence-corrected chi connectivity index (χ3v) is 17.2. The second-order valence-electron chi connectivity index (χ2n) is 11.0. The molecule has 0 aromatic heterocycles. The van der Waals surface area contributed by atoms with Gasteiger partial charge in [-0.05, 0) is 0 Å². The Morgan fingerprint density at radius 2 is 1.50 bits per heavy atom. The van der Waals surface area contributed by atoms with Crippen LogP contribution in [0.1, 0.15) is 36.1 Å². The number of benzene rings is 3. The van der Waals surface area contributed by atoms with Crippen LogP contribution in [0.3, 0.4) is 0 Å². The first kappa shape index (κ1) is 31.0. The SMILES string of the molecule is CC1=[C](/[Zr+2](=[CH]/c2ccc(C(F)(F)F)cc2)[c]2cccc3c2Cc2ccccc2-3)C(C)C=C1[Si](C)(C)C.[Cl-].[Cl-]. The summed E-state index contributed by atoms with van der Waals surface area (Å²) in [4.78, 5) is 0. The van der Waals surface area contributed by atoms with Gasteiger partial charge in [0.25, 0.3) is 0 Å². The van der Waals surface area contributed by atoms with E-state index in [1.165, 1.54) is 43.2 Å². The molecule has 0 saturated heterocycles. The van der Waals surface area contributed by atoms with Crippen molar-refractivity contribution in [3.8, 4) is 11.1 Å². The minimum absolute atomic E-state index is 0. The van der Waals surface area contributed by atoms with Crippen LogP contribution < -0.4 is 28.1 Å². The number of rotatable bonds is 4. The zero-order valence-corrected chi connectivity index (χ0v) is 27.1. The molecule has 0 heterocycles. The Morgan fingerprint density at radius 1 is 0.868 bits per heavy atom. The summed E-state index contributed by atoms with van der Waals surface area (Å²) in [5.74, 6) is 0.367. The first-order chi connectivity index (χ1) is 16.9. The minimum atomic E-state index is -4.32. The molecule has 2 aliphatic carbocycles. The fourth-order valence-corrected chi connectivity index (χ4v) is 15.7. The zero-order valence-electron chi connectivity index (χ0n) is 22.2. The normalized spacial score (nSPS) is 16.4. The van der Waals surface area contributed by atoms with E-state index in [0.29, 0.717) is 5.92 Å². The van der Waals surface area contributed by atoms with Gasteiger partial charge >= 0.3 is 222 Å². The van der Waals surface area contributed by atoms with Crippen LogP contribution in [0.15, 0.2) is 86.9 Å². The molecule has 0 N–H and O–H groups in total. The topological polar surface area (TPSA) is 0 Å². The summed E-state index contributed by atoms with van der Waals surface area (Å²) in [6.45, 7) is 11.8. The van der Waals surface area contributed by atoms with Crippen LogP contribution in [0.4, 0.5) is 13.2 Å². The standard InChI is InChI=1S/C13H9.C10H17Si.C8H5F3.2ClH.Zr/c1-3-7-12-10(5-1)9-11-6-2-4-8-13(11)12;1-8-6-9(2)10(7-8)11(3,4)5;1-6-2-4-7(5-3-6)8(9,10)11;;;/h1-5,7-8H,9H2;7-8H,1-5H3;1-5H;2*1H;/q;;;;;+2/p-2. The maximum absolute atomic E-state index is 13.2. The zero-order chi connectivity index (χ0) is 25.8. The van der Waals surface area contributed by atoms with Crippen molar-refractivity contribution < 1.29 is 59.3 Å². The summed E-state index contributed by atoms with van der Waals surface area (Å²) in [7, 11) is -1.51. The molecule has 0 bridgehead atoms. The van der Waals surface area contributed by atoms with Gasteiger partial charge < -0.3 is 24.8 Å². The van der Waals surface area contributed by atoms with Crippen LogP contribution in [-0.2, 0) is 33.9 Å². The number of hydrogen-bond acceptors (Lipinski definition) is 0. The Morgan fingerprint density at radius 3 is 2.11 bits per heavy atom. The summed E-state index contributed by atoms with van der Waals surface area (Å²) in [6, 6.07) is 21.1. The average molecular weight is 651 g/mol. The molecule has 2 aliphatic rings. The van der Waals surface area contributed by atoms with E-state index in [0.717, 1.165) is 12.0 Å². The van der Waals surface area contributed by atoms with Gasteiger partial charge in [-0.15, -0.1) is 0 Å². The van der Waals surface area contributed by atoms with E-state index in [2.05, 4.69) is 85.7 Å². The molecule has 0 radical (unpaired) electrons. The molecule has 1 atom stereocenters. The maximum atomic E-state index is 13.2. The van der Waals surface area contributed by atoms with Crippen LogP contribution >= 0.6 is 0 Å². The predicted molar refractivity (Wildman–Crippen MR) is 144 cm³/mol. The van der Waals surface area contributed by atoms with Crippen molar-refractivity contribution in [1.29, 1.82) is 0 Å². The van der Waals surface area contributed by atoms with Crippen LogP contribution in [-0.4, -0.2) is 11.8 Å². The van der Waals surface area contributed by atoms with Crippen molar-refractivity contribution in [2.24, 2.45) is 5.92 Å². The molecule has 198 valence electrons. The van der Waals surface area contributed by atoms with Crippen LogP contribution in [0, 0.1) is 5.92 Å². The Kier molecular flexibility index (Phi) is 9.41. The first-order valence-corrected chi connectivity index (χ1v) is 19.9. The fraction of sp³-hybridized carbons (Fsp3) is 0.258. The van der Waals surface area contributed by atoms with Crippen molar-refractivity contribution in [3.05, 3.63) is 109 Å². The summed E-state index contributed by atoms with van der Waals surface area (Å²) >= 11 is -2.67. The Hall–Kier alpha value is -1.52. The fourth-order valence-electron chi connectivity index (χ4n) is 5.85. The number of alkyl halides is 3. The predicted octanol–water partition coefficient (Wildman–Crippen LogP) is 2.11. The Labute approximate surface area is 245 Å². The van der Waals surface area contributed by atoms with E-state index in [9.17, 15) is 13.2 Å². The van der Waals surface area contributed by atoms with Crippen LogP contribution in [0.5, 0.6) is 0 Å². The van der Waals surface area contributed by atoms with E-state index in [4.69, 9.17) is 0 Å². The van der Waals surface area contributed by atoms with Gasteiger partial charge in [0, 0.05) is 0 Å². The Balaban J connectivity index is 0.00000200. The molecule has 0 amide bonds. The van der Waals surface area contributed by atoms with Gasteiger partial charge in [0.05, 0.1) is 0 Å². The molecule has 0 fully saturated rings. The third kappa shape index (κ3) is 5.82. The van der Waals surface area contributed by atoms with Crippen LogP contribution in [0.2, 0.25) is 19.6 Å². The van der Waals surface area contributed by atoms with E-state index >= 15 is 0 Å². The smallest absolute Gasteiger partial charge is 1.00 e. The minimum Gasteiger partial charge on any atom is -1.00 e. The second-order valence-corrected chi connectivity index (χ2v) is 21.4. The largest absolute Gasteiger partial charge is 1.00 e. The van der Waals surface area contributed by atoms with Crippen molar-refractivity contribution in [3.63, 3.8) is 0 Å². The molecule has 0 nitrogen and oxygen atoms in total. The maximum Gasteiger partial charge on any atom is -1.00 e. The molecule has 3 aromatic rings. The molecule has 38 heavy (non-hydrogen) atoms. The summed E-state index contributed by atoms with van der Waals surface area (Å²) < 4.78 is 45.1. The van der Waals surface area contributed by atoms with Crippen molar-refractivity contribution in [1.82, 2.24) is 0 Å². The number of allylic oxidation sites excluding steroid dienone is 4. The van der Waals surface area contributed by atoms with Gasteiger partial charge in [-0.25, -0.2) is 0 Å². The number of fused-ring (bicyclic) bond motifs is 3. The summed E-state index contributed by atoms with van der Waals surface area (Å²) in [6.07, 6.45) is -0.904. The van der Waals surface area contributed by atoms with Gasteiger partial charge in [-0.2, -0.15) is 0 Å². The van der Waals surface area contributed by atoms with Crippen molar-refractivity contribution in [2.75, 3.05) is 0 Å². The van der Waals surface area contributed by atoms with E-state index in [-0.39, 0.29) is 24.8 Å². The van der Waals surface area contributed by atoms with Crippen molar-refractivity contribution in [2.45, 2.75) is 46.1 Å². The third-order valence-electron chi connectivity index (χ3n) is 7.47. The Bertz CT molecular complexity index is 1450. The second kappa shape index (κ2) is 11.5. The monoisotopic (exact) mass is 648 g/mol. The molecule has 3 aromatic carbocycles. The van der Waals surface area contributed by atoms with Crippen LogP contribution in [0.25, 0.3) is 11.1 Å². The van der Waals surface area contributed by atoms with Gasteiger partial charge in [0.1, 0.15) is 0 Å². The van der Waals surface area contributed by atoms with Gasteiger partial charge in [-0.3, -0.25) is 0 Å². The summed E-state index contributed by atoms with van der Waals surface area (Å²) in [5.41, 5.74) is 7.19. The number of halogens is 5. The van der Waals surface area contributed by atoms with E-state index in [1.54, 1.807) is 20.6 Å². The summed E-state index contributed by atoms with van der Waals surface area (Å²) in [5, 5.41) is 1.54. The quantitative estimate of drug-likeness (QED) is 0.297. The van der Waals surface area contributed by atoms with E-state index in [1.807, 2.05) is 0 Å². The van der Waals surface area contributed by atoms with Gasteiger partial charge in [0.15, 0.2) is 0 Å². The molecule has 0 aliphatic heterocycles. The average Bonchev–Trinajstić information content (AvgIpc) is 3.34. The molecular weight excluding hydrogens is 620 g/mol. The molecule has 5 rings (SSSR count).